The Morgan fingerprint density at radius 2 is 1.75 bits per heavy atom. The molecule has 8 heavy (non-hydrogen) atoms. The van der Waals surface area contributed by atoms with E-state index in [9.17, 15) is 0 Å². The summed E-state index contributed by atoms with van der Waals surface area (Å²) in [6.45, 7) is 1.08. The SMILES string of the molecule is CC(=O)O.O=N[O-].[Na+]. The summed E-state index contributed by atoms with van der Waals surface area (Å²) in [6.07, 6.45) is 0. The van der Waals surface area contributed by atoms with Crippen molar-refractivity contribution in [3.63, 3.8) is 0 Å². The molecule has 0 aromatic carbocycles. The van der Waals surface area contributed by atoms with Gasteiger partial charge in [-0.2, -0.15) is 0 Å². The number of hydrogen-bond donors (Lipinski definition) is 1. The Hall–Kier alpha value is -0.130. The fourth-order valence-corrected chi connectivity index (χ4v) is 0. The number of carbonyl (C=O) groups is 1. The normalized spacial score (nSPS) is 4.62. The maximum atomic E-state index is 9.00. The van der Waals surface area contributed by atoms with Gasteiger partial charge in [-0.25, -0.2) is 0 Å². The number of rotatable bonds is 0. The van der Waals surface area contributed by atoms with Crippen LogP contribution in [0.4, 0.5) is 0 Å². The van der Waals surface area contributed by atoms with Crippen LogP contribution >= 0.6 is 0 Å². The van der Waals surface area contributed by atoms with E-state index in [1.807, 2.05) is 0 Å². The van der Waals surface area contributed by atoms with Crippen LogP contribution in [0.25, 0.3) is 0 Å². The van der Waals surface area contributed by atoms with E-state index >= 15 is 0 Å². The summed E-state index contributed by atoms with van der Waals surface area (Å²) in [5.74, 6) is -0.833. The van der Waals surface area contributed by atoms with Crippen LogP contribution in [-0.2, 0) is 4.79 Å². The molecule has 0 aliphatic heterocycles. The van der Waals surface area contributed by atoms with E-state index in [4.69, 9.17) is 20.0 Å². The molecule has 0 saturated carbocycles. The molecule has 0 rings (SSSR count). The van der Waals surface area contributed by atoms with Gasteiger partial charge in [0.15, 0.2) is 0 Å². The Morgan fingerprint density at radius 3 is 1.75 bits per heavy atom. The van der Waals surface area contributed by atoms with E-state index in [1.54, 1.807) is 0 Å². The predicted molar refractivity (Wildman–Crippen MR) is 22.5 cm³/mol. The zero-order chi connectivity index (χ0) is 6.28. The van der Waals surface area contributed by atoms with Gasteiger partial charge in [0.25, 0.3) is 5.97 Å². The van der Waals surface area contributed by atoms with Crippen molar-refractivity contribution in [1.82, 2.24) is 0 Å². The predicted octanol–water partition coefficient (Wildman–Crippen LogP) is -2.65. The molecule has 0 aliphatic carbocycles. The molecule has 0 bridgehead atoms. The molecule has 42 valence electrons. The van der Waals surface area contributed by atoms with Crippen molar-refractivity contribution in [2.24, 2.45) is 5.34 Å². The summed E-state index contributed by atoms with van der Waals surface area (Å²) < 4.78 is 0. The molecular weight excluding hydrogens is 125 g/mol. The van der Waals surface area contributed by atoms with Crippen molar-refractivity contribution >= 4 is 5.97 Å². The van der Waals surface area contributed by atoms with Gasteiger partial charge in [-0.05, 0) is 0 Å². The topological polar surface area (TPSA) is 89.8 Å². The first-order valence-corrected chi connectivity index (χ1v) is 1.29. The largest absolute Gasteiger partial charge is 1.00 e. The van der Waals surface area contributed by atoms with Crippen LogP contribution in [0.5, 0.6) is 0 Å². The van der Waals surface area contributed by atoms with E-state index in [-0.39, 0.29) is 29.6 Å². The molecule has 1 N–H and O–H groups in total. The smallest absolute Gasteiger partial charge is 0.481 e. The molecule has 6 heteroatoms. The monoisotopic (exact) mass is 129 g/mol. The number of hydrogen-bond acceptors (Lipinski definition) is 4. The van der Waals surface area contributed by atoms with Gasteiger partial charge in [-0.15, -0.1) is 5.34 Å². The van der Waals surface area contributed by atoms with Gasteiger partial charge in [0, 0.05) is 6.92 Å². The molecule has 5 nitrogen and oxygen atoms in total. The zero-order valence-electron chi connectivity index (χ0n) is 4.62. The Balaban J connectivity index is -0.0000000575. The summed E-state index contributed by atoms with van der Waals surface area (Å²) in [4.78, 5) is 17.0. The molecule has 0 spiro atoms. The summed E-state index contributed by atoms with van der Waals surface area (Å²) >= 11 is 0. The van der Waals surface area contributed by atoms with Crippen LogP contribution in [-0.4, -0.2) is 11.1 Å². The average molecular weight is 129 g/mol. The summed E-state index contributed by atoms with van der Waals surface area (Å²) in [7, 11) is 0. The molecule has 0 saturated heterocycles. The third kappa shape index (κ3) is 8240. The van der Waals surface area contributed by atoms with Gasteiger partial charge in [-0.3, -0.25) is 4.79 Å². The molecule has 0 fully saturated rings. The van der Waals surface area contributed by atoms with Crippen molar-refractivity contribution in [1.29, 1.82) is 0 Å². The van der Waals surface area contributed by atoms with Crippen LogP contribution in [0.2, 0.25) is 0 Å². The second-order valence-corrected chi connectivity index (χ2v) is 0.594. The fraction of sp³-hybridized carbons (Fsp3) is 0.500. The second-order valence-electron chi connectivity index (χ2n) is 0.594. The van der Waals surface area contributed by atoms with Crippen molar-refractivity contribution in [2.75, 3.05) is 0 Å². The fourth-order valence-electron chi connectivity index (χ4n) is 0. The van der Waals surface area contributed by atoms with Gasteiger partial charge < -0.3 is 15.2 Å². The maximum Gasteiger partial charge on any atom is 1.00 e. The number of nitrogens with zero attached hydrogens (tertiary/aromatic N) is 1. The van der Waals surface area contributed by atoms with Crippen molar-refractivity contribution in [3.05, 3.63) is 10.1 Å². The Bertz CT molecular complexity index is 61.1. The standard InChI is InChI=1S/C2H4O2.HNO2.Na/c1-2(3)4;2-1-3;/h1H3,(H,3,4);(H,2,3);/q;;+1/p-1. The molecule has 0 aliphatic rings. The molecule has 0 aromatic rings. The van der Waals surface area contributed by atoms with E-state index < -0.39 is 5.97 Å². The first kappa shape index (κ1) is 15.7. The van der Waals surface area contributed by atoms with E-state index in [1.165, 1.54) is 0 Å². The minimum atomic E-state index is -0.833. The van der Waals surface area contributed by atoms with Gasteiger partial charge in [0.05, 0.1) is 0 Å². The van der Waals surface area contributed by atoms with Gasteiger partial charge in [0.2, 0.25) is 0 Å². The van der Waals surface area contributed by atoms with Crippen molar-refractivity contribution < 1.29 is 39.5 Å². The number of aliphatic carboxylic acids is 1. The van der Waals surface area contributed by atoms with E-state index in [0.29, 0.717) is 0 Å². The van der Waals surface area contributed by atoms with Crippen LogP contribution in [0.3, 0.4) is 0 Å². The molecule has 0 heterocycles. The van der Waals surface area contributed by atoms with E-state index in [0.717, 1.165) is 12.3 Å². The molecule has 0 aromatic heterocycles. The molecule has 0 unspecified atom stereocenters. The first-order chi connectivity index (χ1) is 3.15. The molecule has 0 atom stereocenters. The van der Waals surface area contributed by atoms with Crippen LogP contribution in [0.1, 0.15) is 6.92 Å². The van der Waals surface area contributed by atoms with Gasteiger partial charge >= 0.3 is 29.6 Å². The van der Waals surface area contributed by atoms with Crippen molar-refractivity contribution in [3.8, 4) is 0 Å². The van der Waals surface area contributed by atoms with Gasteiger partial charge in [0.1, 0.15) is 0 Å². The minimum Gasteiger partial charge on any atom is -0.481 e. The summed E-state index contributed by atoms with van der Waals surface area (Å²) in [6, 6.07) is 0. The molecule has 0 amide bonds. The summed E-state index contributed by atoms with van der Waals surface area (Å²) in [5.41, 5.74) is 0. The molecular formula is C2H4NNaO4. The van der Waals surface area contributed by atoms with Crippen LogP contribution < -0.4 is 29.6 Å². The van der Waals surface area contributed by atoms with Crippen LogP contribution in [0.15, 0.2) is 5.34 Å². The minimum absolute atomic E-state index is 0. The Morgan fingerprint density at radius 1 is 1.75 bits per heavy atom. The zero-order valence-corrected chi connectivity index (χ0v) is 6.62. The Labute approximate surface area is 67.9 Å². The number of carboxylic acids is 1. The summed E-state index contributed by atoms with van der Waals surface area (Å²) in [5, 5.41) is 16.4. The first-order valence-electron chi connectivity index (χ1n) is 1.29. The third-order valence-corrected chi connectivity index (χ3v) is 0. The van der Waals surface area contributed by atoms with Crippen LogP contribution in [0, 0.1) is 10.1 Å². The maximum absolute atomic E-state index is 9.00. The quantitative estimate of drug-likeness (QED) is 0.219. The molecule has 0 radical (unpaired) electrons. The number of carboxylic acid groups (broad SMARTS) is 1. The third-order valence-electron chi connectivity index (χ3n) is 0. The second kappa shape index (κ2) is 15.8. The van der Waals surface area contributed by atoms with Gasteiger partial charge in [-0.1, -0.05) is 0 Å². The van der Waals surface area contributed by atoms with E-state index in [2.05, 4.69) is 0 Å². The van der Waals surface area contributed by atoms with Crippen molar-refractivity contribution in [2.45, 2.75) is 6.92 Å². The average Bonchev–Trinajstić information content (AvgIpc) is 1.33. The Kier molecular flexibility index (Phi) is 30.9.